The van der Waals surface area contributed by atoms with Crippen molar-refractivity contribution >= 4 is 33.3 Å². The van der Waals surface area contributed by atoms with Crippen molar-refractivity contribution < 1.29 is 13.2 Å². The van der Waals surface area contributed by atoms with E-state index in [2.05, 4.69) is 5.32 Å². The molecule has 5 nitrogen and oxygen atoms in total. The number of hydrogen-bond acceptors (Lipinski definition) is 4. The van der Waals surface area contributed by atoms with Gasteiger partial charge in [0.1, 0.15) is 0 Å². The number of nitrogens with one attached hydrogen (secondary N) is 1. The van der Waals surface area contributed by atoms with Crippen LogP contribution in [0.15, 0.2) is 52.7 Å². The predicted molar refractivity (Wildman–Crippen MR) is 102 cm³/mol. The van der Waals surface area contributed by atoms with Gasteiger partial charge < -0.3 is 5.32 Å². The molecule has 25 heavy (non-hydrogen) atoms. The third-order valence-corrected chi connectivity index (χ3v) is 6.58. The van der Waals surface area contributed by atoms with Crippen molar-refractivity contribution in [1.82, 2.24) is 9.62 Å². The van der Waals surface area contributed by atoms with Crippen LogP contribution in [0.1, 0.15) is 24.3 Å². The van der Waals surface area contributed by atoms with Gasteiger partial charge in [-0.25, -0.2) is 8.42 Å². The fourth-order valence-corrected chi connectivity index (χ4v) is 4.36. The van der Waals surface area contributed by atoms with Crippen LogP contribution >= 0.6 is 11.3 Å². The summed E-state index contributed by atoms with van der Waals surface area (Å²) in [7, 11) is -3.45. The summed E-state index contributed by atoms with van der Waals surface area (Å²) < 4.78 is 26.3. The van der Waals surface area contributed by atoms with Crippen LogP contribution in [0.25, 0.3) is 6.08 Å². The van der Waals surface area contributed by atoms with Gasteiger partial charge in [0.15, 0.2) is 0 Å². The molecular formula is C18H22N2O3S2. The number of thiophene rings is 1. The van der Waals surface area contributed by atoms with E-state index in [0.29, 0.717) is 19.6 Å². The topological polar surface area (TPSA) is 66.5 Å². The number of amides is 1. The number of hydrogen-bond donors (Lipinski definition) is 1. The first-order valence-corrected chi connectivity index (χ1v) is 10.4. The molecule has 0 radical (unpaired) electrons. The van der Waals surface area contributed by atoms with Gasteiger partial charge in [-0.1, -0.05) is 32.0 Å². The van der Waals surface area contributed by atoms with E-state index in [4.69, 9.17) is 0 Å². The zero-order valence-electron chi connectivity index (χ0n) is 14.3. The molecule has 1 aromatic carbocycles. The Labute approximate surface area is 153 Å². The normalized spacial score (nSPS) is 12.0. The SMILES string of the molecule is CCN(CC)S(=O)(=O)c1ccc(CNC(=O)C=Cc2cccs2)cc1. The highest BCUT2D eigenvalue weighted by molar-refractivity contribution is 7.89. The second-order valence-corrected chi connectivity index (χ2v) is 8.22. The molecule has 0 fully saturated rings. The smallest absolute Gasteiger partial charge is 0.244 e. The van der Waals surface area contributed by atoms with Gasteiger partial charge in [0.2, 0.25) is 15.9 Å². The third kappa shape index (κ3) is 5.26. The zero-order valence-corrected chi connectivity index (χ0v) is 15.9. The van der Waals surface area contributed by atoms with Gasteiger partial charge in [0, 0.05) is 30.6 Å². The summed E-state index contributed by atoms with van der Waals surface area (Å²) in [6, 6.07) is 10.5. The van der Waals surface area contributed by atoms with E-state index in [1.165, 1.54) is 10.4 Å². The Kier molecular flexibility index (Phi) is 6.92. The number of benzene rings is 1. The molecule has 2 aromatic rings. The van der Waals surface area contributed by atoms with Crippen molar-refractivity contribution in [2.75, 3.05) is 13.1 Å². The molecule has 2 rings (SSSR count). The van der Waals surface area contributed by atoms with Crippen LogP contribution in [0.4, 0.5) is 0 Å². The molecule has 0 spiro atoms. The van der Waals surface area contributed by atoms with Crippen molar-refractivity contribution in [2.45, 2.75) is 25.3 Å². The van der Waals surface area contributed by atoms with Gasteiger partial charge in [-0.15, -0.1) is 11.3 Å². The second kappa shape index (κ2) is 8.94. The Hall–Kier alpha value is -1.96. The van der Waals surface area contributed by atoms with Gasteiger partial charge in [0.25, 0.3) is 0 Å². The summed E-state index contributed by atoms with van der Waals surface area (Å²) in [5.74, 6) is -0.187. The van der Waals surface area contributed by atoms with Crippen molar-refractivity contribution in [3.05, 3.63) is 58.3 Å². The monoisotopic (exact) mass is 378 g/mol. The predicted octanol–water partition coefficient (Wildman–Crippen LogP) is 3.11. The molecule has 0 atom stereocenters. The summed E-state index contributed by atoms with van der Waals surface area (Å²) in [4.78, 5) is 13.1. The lowest BCUT2D eigenvalue weighted by Crippen LogP contribution is -2.30. The van der Waals surface area contributed by atoms with Gasteiger partial charge in [-0.2, -0.15) is 4.31 Å². The fourth-order valence-electron chi connectivity index (χ4n) is 2.28. The Balaban J connectivity index is 1.95. The molecular weight excluding hydrogens is 356 g/mol. The summed E-state index contributed by atoms with van der Waals surface area (Å²) >= 11 is 1.56. The number of carbonyl (C=O) groups excluding carboxylic acids is 1. The van der Waals surface area contributed by atoms with E-state index in [-0.39, 0.29) is 10.8 Å². The first-order chi connectivity index (χ1) is 12.0. The molecule has 0 saturated carbocycles. The number of nitrogens with zero attached hydrogens (tertiary/aromatic N) is 1. The minimum absolute atomic E-state index is 0.187. The van der Waals surface area contributed by atoms with E-state index < -0.39 is 10.0 Å². The molecule has 7 heteroatoms. The van der Waals surface area contributed by atoms with E-state index in [1.54, 1.807) is 41.7 Å². The second-order valence-electron chi connectivity index (χ2n) is 5.30. The molecule has 134 valence electrons. The Morgan fingerprint density at radius 2 is 1.84 bits per heavy atom. The molecule has 0 aliphatic heterocycles. The minimum Gasteiger partial charge on any atom is -0.348 e. The summed E-state index contributed by atoms with van der Waals surface area (Å²) in [6.45, 7) is 4.85. The highest BCUT2D eigenvalue weighted by Gasteiger charge is 2.21. The highest BCUT2D eigenvalue weighted by Crippen LogP contribution is 2.16. The van der Waals surface area contributed by atoms with E-state index in [1.807, 2.05) is 31.4 Å². The maximum atomic E-state index is 12.4. The van der Waals surface area contributed by atoms with Crippen LogP contribution < -0.4 is 5.32 Å². The Morgan fingerprint density at radius 1 is 1.16 bits per heavy atom. The largest absolute Gasteiger partial charge is 0.348 e. The van der Waals surface area contributed by atoms with E-state index >= 15 is 0 Å². The maximum Gasteiger partial charge on any atom is 0.244 e. The van der Waals surface area contributed by atoms with Gasteiger partial charge in [0.05, 0.1) is 4.90 Å². The van der Waals surface area contributed by atoms with Crippen molar-refractivity contribution in [3.63, 3.8) is 0 Å². The lowest BCUT2D eigenvalue weighted by atomic mass is 10.2. The van der Waals surface area contributed by atoms with E-state index in [0.717, 1.165) is 10.4 Å². The summed E-state index contributed by atoms with van der Waals surface area (Å²) in [5, 5.41) is 4.73. The number of carbonyl (C=O) groups is 1. The third-order valence-electron chi connectivity index (χ3n) is 3.68. The number of rotatable bonds is 8. The van der Waals surface area contributed by atoms with Crippen molar-refractivity contribution in [2.24, 2.45) is 0 Å². The van der Waals surface area contributed by atoms with Crippen LogP contribution in [0, 0.1) is 0 Å². The lowest BCUT2D eigenvalue weighted by Gasteiger charge is -2.18. The van der Waals surface area contributed by atoms with Crippen LogP contribution in [-0.2, 0) is 21.4 Å². The van der Waals surface area contributed by atoms with Crippen molar-refractivity contribution in [1.29, 1.82) is 0 Å². The molecule has 0 aliphatic rings. The minimum atomic E-state index is -3.45. The van der Waals surface area contributed by atoms with Gasteiger partial charge >= 0.3 is 0 Å². The molecule has 1 amide bonds. The van der Waals surface area contributed by atoms with Gasteiger partial charge in [-0.3, -0.25) is 4.79 Å². The highest BCUT2D eigenvalue weighted by atomic mass is 32.2. The Bertz CT molecular complexity index is 807. The van der Waals surface area contributed by atoms with Crippen molar-refractivity contribution in [3.8, 4) is 0 Å². The average Bonchev–Trinajstić information content (AvgIpc) is 3.13. The molecule has 0 saturated heterocycles. The molecule has 1 aromatic heterocycles. The molecule has 1 N–H and O–H groups in total. The summed E-state index contributed by atoms with van der Waals surface area (Å²) in [6.07, 6.45) is 3.25. The van der Waals surface area contributed by atoms with Crippen LogP contribution in [-0.4, -0.2) is 31.7 Å². The quantitative estimate of drug-likeness (QED) is 0.718. The standard InChI is InChI=1S/C18H22N2O3S2/c1-3-20(4-2)25(22,23)17-10-7-15(8-11-17)14-19-18(21)12-9-16-6-5-13-24-16/h5-13H,3-4,14H2,1-2H3,(H,19,21). The van der Waals surface area contributed by atoms with Crippen LogP contribution in [0.3, 0.4) is 0 Å². The average molecular weight is 379 g/mol. The van der Waals surface area contributed by atoms with Crippen LogP contribution in [0.2, 0.25) is 0 Å². The maximum absolute atomic E-state index is 12.4. The van der Waals surface area contributed by atoms with Gasteiger partial charge in [-0.05, 0) is 35.2 Å². The fraction of sp³-hybridized carbons (Fsp3) is 0.278. The van der Waals surface area contributed by atoms with Crippen LogP contribution in [0.5, 0.6) is 0 Å². The lowest BCUT2D eigenvalue weighted by molar-refractivity contribution is -0.116. The molecule has 0 bridgehead atoms. The Morgan fingerprint density at radius 3 is 2.40 bits per heavy atom. The molecule has 0 unspecified atom stereocenters. The van der Waals surface area contributed by atoms with E-state index in [9.17, 15) is 13.2 Å². The summed E-state index contributed by atoms with van der Waals surface area (Å²) in [5.41, 5.74) is 0.844. The molecule has 0 aliphatic carbocycles. The zero-order chi connectivity index (χ0) is 18.3. The first-order valence-electron chi connectivity index (χ1n) is 8.06. The number of sulfonamides is 1. The first kappa shape index (κ1) is 19.4. The molecule has 1 heterocycles.